The number of nitrogens with zero attached hydrogens (tertiary/aromatic N) is 1. The predicted octanol–water partition coefficient (Wildman–Crippen LogP) is 5.35. The van der Waals surface area contributed by atoms with E-state index in [2.05, 4.69) is 5.32 Å². The van der Waals surface area contributed by atoms with E-state index in [9.17, 15) is 9.59 Å². The Morgan fingerprint density at radius 1 is 0.966 bits per heavy atom. The molecule has 0 fully saturated rings. The average Bonchev–Trinajstić information content (AvgIpc) is 2.75. The summed E-state index contributed by atoms with van der Waals surface area (Å²) < 4.78 is 0. The number of anilines is 1. The highest BCUT2D eigenvalue weighted by Gasteiger charge is 2.19. The van der Waals surface area contributed by atoms with Gasteiger partial charge in [0.15, 0.2) is 0 Å². The summed E-state index contributed by atoms with van der Waals surface area (Å²) in [4.78, 5) is 26.8. The van der Waals surface area contributed by atoms with Gasteiger partial charge >= 0.3 is 0 Å². The smallest absolute Gasteiger partial charge is 0.255 e. The molecule has 3 rings (SSSR count). The molecule has 5 heteroatoms. The van der Waals surface area contributed by atoms with Crippen molar-refractivity contribution in [3.05, 3.63) is 101 Å². The molecule has 0 saturated carbocycles. The molecule has 29 heavy (non-hydrogen) atoms. The zero-order chi connectivity index (χ0) is 20.8. The first kappa shape index (κ1) is 20.6. The normalized spacial score (nSPS) is 11.6. The minimum Gasteiger partial charge on any atom is -0.339 e. The second-order valence-electron chi connectivity index (χ2n) is 6.89. The van der Waals surface area contributed by atoms with Gasteiger partial charge in [0.05, 0.1) is 12.5 Å². The van der Waals surface area contributed by atoms with E-state index < -0.39 is 0 Å². The first-order valence-electron chi connectivity index (χ1n) is 9.41. The molecular formula is C24H23ClN2O2. The molecule has 1 N–H and O–H groups in total. The van der Waals surface area contributed by atoms with Crippen LogP contribution in [0.25, 0.3) is 0 Å². The van der Waals surface area contributed by atoms with Crippen molar-refractivity contribution in [2.75, 3.05) is 12.4 Å². The molecule has 2 amide bonds. The molecule has 0 aliphatic heterocycles. The SMILES string of the molecule is C[C@@H](c1cccc(NC(=O)c2ccccc2)c1)N(C)C(=O)Cc1ccccc1Cl. The topological polar surface area (TPSA) is 49.4 Å². The number of hydrogen-bond donors (Lipinski definition) is 1. The van der Waals surface area contributed by atoms with Gasteiger partial charge in [-0.15, -0.1) is 0 Å². The van der Waals surface area contributed by atoms with Crippen LogP contribution in [0.15, 0.2) is 78.9 Å². The standard InChI is InChI=1S/C24H23ClN2O2/c1-17(27(2)23(28)16-20-11-6-7-14-22(20)25)19-12-8-13-21(15-19)26-24(29)18-9-4-3-5-10-18/h3-15,17H,16H2,1-2H3,(H,26,29)/t17-/m0/s1. The van der Waals surface area contributed by atoms with E-state index in [0.29, 0.717) is 16.3 Å². The third kappa shape index (κ3) is 5.24. The Morgan fingerprint density at radius 2 is 1.66 bits per heavy atom. The number of carbonyl (C=O) groups is 2. The van der Waals surface area contributed by atoms with Crippen molar-refractivity contribution in [1.29, 1.82) is 0 Å². The first-order chi connectivity index (χ1) is 14.0. The predicted molar refractivity (Wildman–Crippen MR) is 117 cm³/mol. The monoisotopic (exact) mass is 406 g/mol. The van der Waals surface area contributed by atoms with Crippen molar-refractivity contribution < 1.29 is 9.59 Å². The molecule has 0 bridgehead atoms. The third-order valence-corrected chi connectivity index (χ3v) is 5.31. The number of likely N-dealkylation sites (N-methyl/N-ethyl adjacent to an activating group) is 1. The number of nitrogens with one attached hydrogen (secondary N) is 1. The van der Waals surface area contributed by atoms with Crippen LogP contribution in [-0.2, 0) is 11.2 Å². The van der Waals surface area contributed by atoms with Crippen LogP contribution < -0.4 is 5.32 Å². The fourth-order valence-corrected chi connectivity index (χ4v) is 3.24. The summed E-state index contributed by atoms with van der Waals surface area (Å²) in [5, 5.41) is 3.50. The molecular weight excluding hydrogens is 384 g/mol. The number of benzene rings is 3. The summed E-state index contributed by atoms with van der Waals surface area (Å²) in [7, 11) is 1.78. The molecule has 3 aromatic rings. The van der Waals surface area contributed by atoms with Gasteiger partial charge in [-0.05, 0) is 48.4 Å². The van der Waals surface area contributed by atoms with Crippen molar-refractivity contribution in [2.24, 2.45) is 0 Å². The lowest BCUT2D eigenvalue weighted by atomic mass is 10.0. The molecule has 0 aromatic heterocycles. The third-order valence-electron chi connectivity index (χ3n) is 4.94. The number of hydrogen-bond acceptors (Lipinski definition) is 2. The highest BCUT2D eigenvalue weighted by Crippen LogP contribution is 2.24. The summed E-state index contributed by atoms with van der Waals surface area (Å²) in [6, 6.07) is 23.8. The highest BCUT2D eigenvalue weighted by molar-refractivity contribution is 6.31. The Bertz CT molecular complexity index is 1000. The summed E-state index contributed by atoms with van der Waals surface area (Å²) in [5.74, 6) is -0.192. The van der Waals surface area contributed by atoms with Crippen LogP contribution in [0.3, 0.4) is 0 Å². The van der Waals surface area contributed by atoms with Gasteiger partial charge in [0.25, 0.3) is 5.91 Å². The molecule has 0 aliphatic carbocycles. The number of halogens is 1. The second-order valence-corrected chi connectivity index (χ2v) is 7.30. The molecule has 0 radical (unpaired) electrons. The van der Waals surface area contributed by atoms with E-state index >= 15 is 0 Å². The van der Waals surface area contributed by atoms with E-state index in [4.69, 9.17) is 11.6 Å². The molecule has 3 aromatic carbocycles. The zero-order valence-corrected chi connectivity index (χ0v) is 17.2. The van der Waals surface area contributed by atoms with Crippen molar-refractivity contribution in [1.82, 2.24) is 4.90 Å². The maximum atomic E-state index is 12.7. The quantitative estimate of drug-likeness (QED) is 0.599. The van der Waals surface area contributed by atoms with Gasteiger partial charge in [0.1, 0.15) is 0 Å². The van der Waals surface area contributed by atoms with E-state index in [1.165, 1.54) is 0 Å². The van der Waals surface area contributed by atoms with Crippen LogP contribution in [0.1, 0.15) is 34.5 Å². The Kier molecular flexibility index (Phi) is 6.68. The molecule has 0 unspecified atom stereocenters. The fraction of sp³-hybridized carbons (Fsp3) is 0.167. The van der Waals surface area contributed by atoms with Crippen molar-refractivity contribution in [2.45, 2.75) is 19.4 Å². The lowest BCUT2D eigenvalue weighted by molar-refractivity contribution is -0.131. The lowest BCUT2D eigenvalue weighted by Crippen LogP contribution is -2.31. The summed E-state index contributed by atoms with van der Waals surface area (Å²) in [6.07, 6.45) is 0.241. The van der Waals surface area contributed by atoms with Crippen molar-refractivity contribution in [3.63, 3.8) is 0 Å². The van der Waals surface area contributed by atoms with E-state index in [1.54, 1.807) is 30.1 Å². The molecule has 0 heterocycles. The van der Waals surface area contributed by atoms with Crippen molar-refractivity contribution >= 4 is 29.1 Å². The van der Waals surface area contributed by atoms with Crippen LogP contribution in [0.5, 0.6) is 0 Å². The molecule has 1 atom stereocenters. The molecule has 0 saturated heterocycles. The van der Waals surface area contributed by atoms with E-state index in [1.807, 2.05) is 67.6 Å². The van der Waals surface area contributed by atoms with E-state index in [-0.39, 0.29) is 24.3 Å². The Hall–Kier alpha value is -3.11. The van der Waals surface area contributed by atoms with Crippen LogP contribution in [-0.4, -0.2) is 23.8 Å². The fourth-order valence-electron chi connectivity index (χ4n) is 3.04. The van der Waals surface area contributed by atoms with Crippen molar-refractivity contribution in [3.8, 4) is 0 Å². The zero-order valence-electron chi connectivity index (χ0n) is 16.4. The Labute approximate surface area is 176 Å². The Morgan fingerprint density at radius 3 is 2.38 bits per heavy atom. The maximum absolute atomic E-state index is 12.7. The maximum Gasteiger partial charge on any atom is 0.255 e. The first-order valence-corrected chi connectivity index (χ1v) is 9.79. The Balaban J connectivity index is 1.69. The molecule has 0 spiro atoms. The summed E-state index contributed by atoms with van der Waals surface area (Å²) in [5.41, 5.74) is 3.03. The van der Waals surface area contributed by atoms with Crippen LogP contribution in [0, 0.1) is 0 Å². The largest absolute Gasteiger partial charge is 0.339 e. The van der Waals surface area contributed by atoms with Gasteiger partial charge in [-0.1, -0.05) is 60.1 Å². The van der Waals surface area contributed by atoms with E-state index in [0.717, 1.165) is 11.1 Å². The molecule has 148 valence electrons. The minimum absolute atomic E-state index is 0.0238. The van der Waals surface area contributed by atoms with Gasteiger partial charge in [0.2, 0.25) is 5.91 Å². The van der Waals surface area contributed by atoms with Gasteiger partial charge in [-0.2, -0.15) is 0 Å². The second kappa shape index (κ2) is 9.39. The van der Waals surface area contributed by atoms with Crippen LogP contribution in [0.4, 0.5) is 5.69 Å². The van der Waals surface area contributed by atoms with Crippen LogP contribution >= 0.6 is 11.6 Å². The number of rotatable bonds is 6. The van der Waals surface area contributed by atoms with Gasteiger partial charge in [0, 0.05) is 23.3 Å². The number of amides is 2. The summed E-state index contributed by atoms with van der Waals surface area (Å²) >= 11 is 6.18. The van der Waals surface area contributed by atoms with Gasteiger partial charge in [-0.3, -0.25) is 9.59 Å². The minimum atomic E-state index is -0.168. The average molecular weight is 407 g/mol. The molecule has 4 nitrogen and oxygen atoms in total. The van der Waals surface area contributed by atoms with Gasteiger partial charge < -0.3 is 10.2 Å². The molecule has 0 aliphatic rings. The highest BCUT2D eigenvalue weighted by atomic mass is 35.5. The summed E-state index contributed by atoms with van der Waals surface area (Å²) in [6.45, 7) is 1.96. The van der Waals surface area contributed by atoms with Crippen LogP contribution in [0.2, 0.25) is 5.02 Å². The lowest BCUT2D eigenvalue weighted by Gasteiger charge is -2.26. The van der Waals surface area contributed by atoms with Gasteiger partial charge in [-0.25, -0.2) is 0 Å². The number of carbonyl (C=O) groups excluding carboxylic acids is 2.